The molecule has 0 fully saturated rings. The molecular formula is C11H11ClN2O. The molecule has 0 unspecified atom stereocenters. The van der Waals surface area contributed by atoms with E-state index < -0.39 is 0 Å². The van der Waals surface area contributed by atoms with Gasteiger partial charge in [-0.3, -0.25) is 9.48 Å². The standard InChI is InChI=1S/C11H11ClN2O/c1-7(2)14-11(12)10-8(6-15)4-3-5-9(10)13-14/h3-7H,1-2H3. The van der Waals surface area contributed by atoms with Gasteiger partial charge in [-0.2, -0.15) is 5.10 Å². The topological polar surface area (TPSA) is 34.9 Å². The van der Waals surface area contributed by atoms with Crippen molar-refractivity contribution in [2.75, 3.05) is 0 Å². The second-order valence-corrected chi connectivity index (χ2v) is 4.05. The second kappa shape index (κ2) is 3.66. The zero-order chi connectivity index (χ0) is 11.0. The summed E-state index contributed by atoms with van der Waals surface area (Å²) in [6.45, 7) is 4.00. The molecule has 0 bridgehead atoms. The van der Waals surface area contributed by atoms with Crippen LogP contribution in [0.1, 0.15) is 30.2 Å². The fourth-order valence-electron chi connectivity index (χ4n) is 1.58. The number of benzene rings is 1. The number of fused-ring (bicyclic) bond motifs is 1. The Bertz CT molecular complexity index is 517. The van der Waals surface area contributed by atoms with Crippen molar-refractivity contribution in [2.45, 2.75) is 19.9 Å². The molecule has 0 saturated heterocycles. The minimum absolute atomic E-state index is 0.185. The van der Waals surface area contributed by atoms with E-state index in [1.165, 1.54) is 0 Å². The summed E-state index contributed by atoms with van der Waals surface area (Å²) < 4.78 is 1.72. The average Bonchev–Trinajstić information content (AvgIpc) is 2.56. The monoisotopic (exact) mass is 222 g/mol. The van der Waals surface area contributed by atoms with Gasteiger partial charge in [0.2, 0.25) is 0 Å². The number of hydrogen-bond acceptors (Lipinski definition) is 2. The maximum atomic E-state index is 10.9. The van der Waals surface area contributed by atoms with Crippen molar-refractivity contribution in [2.24, 2.45) is 0 Å². The fourth-order valence-corrected chi connectivity index (χ4v) is 2.02. The number of rotatable bonds is 2. The van der Waals surface area contributed by atoms with Crippen molar-refractivity contribution in [3.8, 4) is 0 Å². The molecule has 78 valence electrons. The van der Waals surface area contributed by atoms with Crippen LogP contribution in [0.25, 0.3) is 10.9 Å². The highest BCUT2D eigenvalue weighted by Crippen LogP contribution is 2.28. The van der Waals surface area contributed by atoms with Crippen LogP contribution in [0, 0.1) is 0 Å². The molecule has 0 spiro atoms. The average molecular weight is 223 g/mol. The number of hydrogen-bond donors (Lipinski definition) is 0. The van der Waals surface area contributed by atoms with Gasteiger partial charge in [0.25, 0.3) is 0 Å². The first kappa shape index (κ1) is 10.2. The summed E-state index contributed by atoms with van der Waals surface area (Å²) in [4.78, 5) is 10.9. The Hall–Kier alpha value is -1.35. The summed E-state index contributed by atoms with van der Waals surface area (Å²) >= 11 is 6.18. The van der Waals surface area contributed by atoms with Gasteiger partial charge in [0, 0.05) is 17.0 Å². The Morgan fingerprint density at radius 3 is 2.80 bits per heavy atom. The van der Waals surface area contributed by atoms with Crippen molar-refractivity contribution in [1.29, 1.82) is 0 Å². The lowest BCUT2D eigenvalue weighted by Crippen LogP contribution is -2.02. The van der Waals surface area contributed by atoms with Crippen molar-refractivity contribution in [3.05, 3.63) is 28.9 Å². The lowest BCUT2D eigenvalue weighted by Gasteiger charge is -2.05. The van der Waals surface area contributed by atoms with Crippen LogP contribution in [0.4, 0.5) is 0 Å². The molecule has 0 aliphatic heterocycles. The highest BCUT2D eigenvalue weighted by Gasteiger charge is 2.13. The van der Waals surface area contributed by atoms with Gasteiger partial charge in [-0.1, -0.05) is 23.7 Å². The van der Waals surface area contributed by atoms with Crippen LogP contribution in [0.2, 0.25) is 5.15 Å². The Labute approximate surface area is 92.6 Å². The molecule has 0 aliphatic carbocycles. The Balaban J connectivity index is 2.82. The third-order valence-corrected chi connectivity index (χ3v) is 2.68. The lowest BCUT2D eigenvalue weighted by atomic mass is 10.1. The maximum Gasteiger partial charge on any atom is 0.150 e. The molecule has 0 amide bonds. The van der Waals surface area contributed by atoms with Gasteiger partial charge >= 0.3 is 0 Å². The SMILES string of the molecule is CC(C)n1nc2cccc(C=O)c2c1Cl. The molecule has 3 nitrogen and oxygen atoms in total. The van der Waals surface area contributed by atoms with E-state index in [2.05, 4.69) is 5.10 Å². The van der Waals surface area contributed by atoms with Crippen LogP contribution >= 0.6 is 11.6 Å². The molecule has 0 radical (unpaired) electrons. The predicted molar refractivity (Wildman–Crippen MR) is 60.5 cm³/mol. The van der Waals surface area contributed by atoms with Gasteiger partial charge in [-0.05, 0) is 19.9 Å². The number of nitrogens with zero attached hydrogens (tertiary/aromatic N) is 2. The van der Waals surface area contributed by atoms with Gasteiger partial charge < -0.3 is 0 Å². The van der Waals surface area contributed by atoms with Gasteiger partial charge in [-0.25, -0.2) is 0 Å². The van der Waals surface area contributed by atoms with E-state index >= 15 is 0 Å². The summed E-state index contributed by atoms with van der Waals surface area (Å²) in [5.41, 5.74) is 1.35. The summed E-state index contributed by atoms with van der Waals surface area (Å²) in [7, 11) is 0. The van der Waals surface area contributed by atoms with Crippen LogP contribution in [-0.2, 0) is 0 Å². The zero-order valence-electron chi connectivity index (χ0n) is 8.57. The highest BCUT2D eigenvalue weighted by atomic mass is 35.5. The van der Waals surface area contributed by atoms with Gasteiger partial charge in [-0.15, -0.1) is 0 Å². The Kier molecular flexibility index (Phi) is 2.49. The van der Waals surface area contributed by atoms with E-state index in [-0.39, 0.29) is 6.04 Å². The third kappa shape index (κ3) is 1.53. The van der Waals surface area contributed by atoms with E-state index in [0.717, 1.165) is 17.2 Å². The lowest BCUT2D eigenvalue weighted by molar-refractivity contribution is 0.112. The quantitative estimate of drug-likeness (QED) is 0.732. The first-order valence-electron chi connectivity index (χ1n) is 4.77. The second-order valence-electron chi connectivity index (χ2n) is 3.69. The van der Waals surface area contributed by atoms with Crippen LogP contribution in [-0.4, -0.2) is 16.1 Å². The minimum Gasteiger partial charge on any atom is -0.298 e. The third-order valence-electron chi connectivity index (χ3n) is 2.31. The molecule has 1 aromatic heterocycles. The number of carbonyl (C=O) groups is 1. The normalized spacial score (nSPS) is 11.2. The fraction of sp³-hybridized carbons (Fsp3) is 0.273. The van der Waals surface area contributed by atoms with E-state index in [1.54, 1.807) is 16.8 Å². The van der Waals surface area contributed by atoms with E-state index in [9.17, 15) is 4.79 Å². The minimum atomic E-state index is 0.185. The van der Waals surface area contributed by atoms with Crippen LogP contribution in [0.15, 0.2) is 18.2 Å². The van der Waals surface area contributed by atoms with E-state index in [0.29, 0.717) is 10.7 Å². The van der Waals surface area contributed by atoms with Crippen LogP contribution in [0.5, 0.6) is 0 Å². The Morgan fingerprint density at radius 1 is 1.47 bits per heavy atom. The summed E-state index contributed by atoms with van der Waals surface area (Å²) in [6, 6.07) is 5.59. The smallest absolute Gasteiger partial charge is 0.150 e. The summed E-state index contributed by atoms with van der Waals surface area (Å²) in [5, 5.41) is 5.62. The van der Waals surface area contributed by atoms with E-state index in [4.69, 9.17) is 11.6 Å². The van der Waals surface area contributed by atoms with Crippen molar-refractivity contribution in [3.63, 3.8) is 0 Å². The Morgan fingerprint density at radius 2 is 2.20 bits per heavy atom. The molecule has 0 saturated carbocycles. The maximum absolute atomic E-state index is 10.9. The number of aromatic nitrogens is 2. The first-order chi connectivity index (χ1) is 7.15. The summed E-state index contributed by atoms with van der Waals surface area (Å²) in [5.74, 6) is 0. The molecule has 0 N–H and O–H groups in total. The molecule has 2 aromatic rings. The molecule has 1 aromatic carbocycles. The predicted octanol–water partition coefficient (Wildman–Crippen LogP) is 3.08. The molecule has 2 rings (SSSR count). The van der Waals surface area contributed by atoms with E-state index in [1.807, 2.05) is 19.9 Å². The first-order valence-corrected chi connectivity index (χ1v) is 5.15. The molecule has 4 heteroatoms. The summed E-state index contributed by atoms with van der Waals surface area (Å²) in [6.07, 6.45) is 0.806. The van der Waals surface area contributed by atoms with Gasteiger partial charge in [0.15, 0.2) is 6.29 Å². The van der Waals surface area contributed by atoms with Crippen molar-refractivity contribution in [1.82, 2.24) is 9.78 Å². The molecule has 0 atom stereocenters. The molecule has 0 aliphatic rings. The molecule has 1 heterocycles. The molecular weight excluding hydrogens is 212 g/mol. The van der Waals surface area contributed by atoms with Crippen LogP contribution in [0.3, 0.4) is 0 Å². The van der Waals surface area contributed by atoms with Crippen molar-refractivity contribution < 1.29 is 4.79 Å². The van der Waals surface area contributed by atoms with Gasteiger partial charge in [0.05, 0.1) is 5.52 Å². The van der Waals surface area contributed by atoms with Crippen LogP contribution < -0.4 is 0 Å². The number of aldehydes is 1. The number of carbonyl (C=O) groups excluding carboxylic acids is 1. The van der Waals surface area contributed by atoms with Gasteiger partial charge in [0.1, 0.15) is 5.15 Å². The molecule has 15 heavy (non-hydrogen) atoms. The zero-order valence-corrected chi connectivity index (χ0v) is 9.32. The largest absolute Gasteiger partial charge is 0.298 e. The number of halogens is 1. The van der Waals surface area contributed by atoms with Crippen molar-refractivity contribution >= 4 is 28.8 Å². The highest BCUT2D eigenvalue weighted by molar-refractivity contribution is 6.35.